The van der Waals surface area contributed by atoms with Crippen molar-refractivity contribution < 1.29 is 45.4 Å². The first-order chi connectivity index (χ1) is 64.8. The molecule has 12 aromatic carbocycles. The fourth-order valence-electron chi connectivity index (χ4n) is 15.8. The van der Waals surface area contributed by atoms with Crippen molar-refractivity contribution >= 4 is 134 Å². The second kappa shape index (κ2) is 44.5. The Morgan fingerprint density at radius 1 is 0.360 bits per heavy atom. The minimum atomic E-state index is -3.29. The number of sulfonamides is 1. The van der Waals surface area contributed by atoms with Crippen LogP contribution in [0.1, 0.15) is 134 Å². The molecular weight excluding hydrogens is 1760 g/mol. The van der Waals surface area contributed by atoms with Crippen molar-refractivity contribution in [2.24, 2.45) is 20.2 Å². The van der Waals surface area contributed by atoms with Gasteiger partial charge in [0.05, 0.1) is 71.5 Å². The molecule has 136 heavy (non-hydrogen) atoms. The standard InChI is InChI=1S/C11H13N.C11H11N.C10H11NO.C10H10O.C9H11NOS.C9H9NO.2C9H9N.C9H8O2.C8H10N2OS.C8H8N2.C8H9NO3S/c2*1-8-3-5-10-6-4-9(2)12-11(10)7-8;1-7-3-4-10-9(5-7)11-8(2)6-12-10;1-7-2-3-8-5-10(11)6-9(8)4-7;1-7-3-4-8-6-12(2,11)10-9(8)5-7;1-6-2-3-8-7(4-6)5-9(11)10-8;1-7-2-3-8-5-10-6-9(8)4-7;1-7-2-3-9-8(6-7)4-5-10-9;1-6-2-3-8-7(4-6)5-9(10)11-8;1-6-3-4-7-8(5-6)10-12(2,11)9-7;1-6-2-3-8-7(4-6)5-9-10-8;1-6-2-3-8-7(4-6)9-13(10,11)5-12-8/h3,5,7,12H,2,4,6H2,1H3;3-7,12H,2H2,1H3;3-5,11H,2,6H2,1H3;2-4H,5-6H2,1H3;3-5H,2,6H2,1H3,(H,10,11);2-4H,5H2,1H3,(H,10,11);2-5H,6H2,1H3;2-3,5-6H,4H2,1H3;2-4H,5H2,1H3;3-5H,2H2,1H3,(H2,9,10,11);2-4H,5H2,1H3;2-4,9H,5H2,1H3. The number of allylic oxidation sites excluding steroid dienone is 2. The summed E-state index contributed by atoms with van der Waals surface area (Å²) in [4.78, 5) is 41.1. The Bertz CT molecular complexity index is 6680. The molecule has 0 radical (unpaired) electrons. The van der Waals surface area contributed by atoms with Crippen molar-refractivity contribution in [2.45, 2.75) is 147 Å². The van der Waals surface area contributed by atoms with Gasteiger partial charge in [0.25, 0.3) is 10.0 Å². The van der Waals surface area contributed by atoms with Gasteiger partial charge in [0.2, 0.25) is 11.8 Å². The van der Waals surface area contributed by atoms with Crippen LogP contribution in [-0.4, -0.2) is 71.2 Å². The lowest BCUT2D eigenvalue weighted by Crippen LogP contribution is -2.25. The third-order valence-electron chi connectivity index (χ3n) is 22.6. The predicted molar refractivity (Wildman–Crippen MR) is 564 cm³/mol. The number of carbonyl (C=O) groups is 3. The Kier molecular flexibility index (Phi) is 32.3. The number of ether oxygens (including phenoxy) is 3. The number of ketones is 1. The third kappa shape index (κ3) is 28.7. The van der Waals surface area contributed by atoms with Crippen LogP contribution in [0.15, 0.2) is 282 Å². The van der Waals surface area contributed by atoms with E-state index in [1.54, 1.807) is 12.1 Å². The summed E-state index contributed by atoms with van der Waals surface area (Å²) in [5.41, 5.74) is 41.0. The van der Waals surface area contributed by atoms with E-state index in [2.05, 4.69) is 256 Å². The molecule has 700 valence electrons. The van der Waals surface area contributed by atoms with E-state index in [9.17, 15) is 31.2 Å². The number of anilines is 8. The molecule has 11 aliphatic heterocycles. The zero-order chi connectivity index (χ0) is 97.1. The van der Waals surface area contributed by atoms with E-state index in [0.717, 1.165) is 134 Å². The molecule has 0 saturated heterocycles. The number of rotatable bonds is 0. The Hall–Kier alpha value is -14.7. The highest BCUT2D eigenvalue weighted by atomic mass is 32.2. The van der Waals surface area contributed by atoms with E-state index < -0.39 is 29.6 Å². The minimum Gasteiger partial charge on any atom is -0.485 e. The van der Waals surface area contributed by atoms with E-state index in [4.69, 9.17) is 14.2 Å². The SMILES string of the molecule is C=C1C=Cc2ccc(C)cc2N1.C=C1CCc2ccc(C)cc2N1.C=C1COc2ccc(C)cc2N1.C=S1(=O)Cc2ccc(C)cc2N1.C=S1(=O)Nc2ccc(C)cc2N1.Cc1ccc2c(c1)CC(=O)C2.Cc1ccc2c(c1)CC(=O)N2.Cc1ccc2c(c1)CC(=O)O2.Cc1ccc2c(c1)CC=N2.Cc1ccc2c(c1)CN=C2.Cc1ccc2c(c1)CN=N2.Cc1ccc2c(c1)NS(=O)(=O)CO2. The van der Waals surface area contributed by atoms with Crippen molar-refractivity contribution in [3.63, 3.8) is 0 Å². The minimum absolute atomic E-state index is 0.102. The summed E-state index contributed by atoms with van der Waals surface area (Å²) in [7, 11) is -7.68. The molecule has 22 nitrogen and oxygen atoms in total. The molecule has 25 heteroatoms. The van der Waals surface area contributed by atoms with Crippen LogP contribution in [0.25, 0.3) is 6.08 Å². The second-order valence-corrected chi connectivity index (χ2v) is 40.8. The molecule has 12 aliphatic rings. The van der Waals surface area contributed by atoms with Crippen LogP contribution in [0.3, 0.4) is 0 Å². The van der Waals surface area contributed by atoms with Crippen molar-refractivity contribution in [3.8, 4) is 17.2 Å². The second-order valence-electron chi connectivity index (χ2n) is 35.3. The van der Waals surface area contributed by atoms with Gasteiger partial charge in [-0.15, -0.1) is 0 Å². The highest BCUT2D eigenvalue weighted by Crippen LogP contribution is 2.37. The summed E-state index contributed by atoms with van der Waals surface area (Å²) in [6, 6.07) is 73.2. The summed E-state index contributed by atoms with van der Waals surface area (Å²) in [6.45, 7) is 38.3. The van der Waals surface area contributed by atoms with E-state index in [-0.39, 0.29) is 17.8 Å². The first-order valence-electron chi connectivity index (χ1n) is 44.8. The maximum absolute atomic E-state index is 11.5. The molecule has 2 unspecified atom stereocenters. The van der Waals surface area contributed by atoms with Gasteiger partial charge in [0, 0.05) is 86.7 Å². The Morgan fingerprint density at radius 3 is 1.56 bits per heavy atom. The molecule has 12 aromatic rings. The monoisotopic (exact) mass is 1870 g/mol. The average Bonchev–Trinajstić information content (AvgIpc) is 1.68. The summed E-state index contributed by atoms with van der Waals surface area (Å²) in [5, 5.41) is 20.4. The summed E-state index contributed by atoms with van der Waals surface area (Å²) < 4.78 is 71.5. The van der Waals surface area contributed by atoms with Gasteiger partial charge in [0.15, 0.2) is 0 Å². The molecule has 2 atom stereocenters. The lowest BCUT2D eigenvalue weighted by atomic mass is 10.0. The zero-order valence-electron chi connectivity index (χ0n) is 79.2. The van der Waals surface area contributed by atoms with Crippen molar-refractivity contribution in [1.29, 1.82) is 0 Å². The van der Waals surface area contributed by atoms with Crippen LogP contribution < -0.4 is 54.4 Å². The van der Waals surface area contributed by atoms with E-state index >= 15 is 0 Å². The molecule has 0 saturated carbocycles. The topological polar surface area (TPSA) is 293 Å². The number of benzene rings is 12. The first-order valence-corrected chi connectivity index (χ1v) is 50.0. The number of azo groups is 1. The van der Waals surface area contributed by atoms with Gasteiger partial charge in [0.1, 0.15) is 39.5 Å². The van der Waals surface area contributed by atoms with Crippen LogP contribution in [0.4, 0.5) is 56.9 Å². The highest BCUT2D eigenvalue weighted by molar-refractivity contribution is 8.03. The number of nitrogens with zero attached hydrogens (tertiary/aromatic N) is 4. The summed E-state index contributed by atoms with van der Waals surface area (Å²) in [6.07, 6.45) is 13.4. The van der Waals surface area contributed by atoms with E-state index in [1.807, 2.05) is 150 Å². The smallest absolute Gasteiger partial charge is 0.315 e. The Balaban J connectivity index is 0.000000126. The van der Waals surface area contributed by atoms with Crippen LogP contribution in [0, 0.1) is 83.1 Å². The molecule has 0 spiro atoms. The van der Waals surface area contributed by atoms with Gasteiger partial charge >= 0.3 is 5.97 Å². The Morgan fingerprint density at radius 2 is 0.868 bits per heavy atom. The van der Waals surface area contributed by atoms with Gasteiger partial charge < -0.3 is 40.2 Å². The van der Waals surface area contributed by atoms with E-state index in [1.165, 1.54) is 106 Å². The number of Topliss-reactive ketones (excluding diaryl/α,β-unsaturated/α-hetero) is 1. The third-order valence-corrected chi connectivity index (χ3v) is 26.0. The molecular formula is C111H118N12O10S3. The van der Waals surface area contributed by atoms with Crippen LogP contribution in [-0.2, 0) is 101 Å². The van der Waals surface area contributed by atoms with E-state index in [0.29, 0.717) is 55.3 Å². The van der Waals surface area contributed by atoms with Crippen molar-refractivity contribution in [1.82, 2.24) is 0 Å². The highest BCUT2D eigenvalue weighted by Gasteiger charge is 2.25. The van der Waals surface area contributed by atoms with Crippen molar-refractivity contribution in [3.05, 3.63) is 389 Å². The van der Waals surface area contributed by atoms with Gasteiger partial charge in [-0.3, -0.25) is 38.5 Å². The molecule has 8 N–H and O–H groups in total. The number of aliphatic imine (C=N–C) groups is 2. The Labute approximate surface area is 800 Å². The van der Waals surface area contributed by atoms with Gasteiger partial charge in [-0.1, -0.05) is 199 Å². The molecule has 1 amide bonds. The number of hydrogen-bond donors (Lipinski definition) is 8. The quantitative estimate of drug-likeness (QED) is 0.0399. The zero-order valence-corrected chi connectivity index (χ0v) is 81.7. The van der Waals surface area contributed by atoms with Crippen LogP contribution in [0.2, 0.25) is 0 Å². The number of amides is 1. The lowest BCUT2D eigenvalue weighted by molar-refractivity contribution is -0.132. The lowest BCUT2D eigenvalue weighted by Gasteiger charge is -2.20. The fraction of sp³-hybridized carbons (Fsp3) is 0.216. The largest absolute Gasteiger partial charge is 0.485 e. The number of hydrogen-bond acceptors (Lipinski definition) is 17. The summed E-state index contributed by atoms with van der Waals surface area (Å²) >= 11 is 0. The first kappa shape index (κ1) is 98.8. The van der Waals surface area contributed by atoms with Crippen LogP contribution in [0.5, 0.6) is 17.2 Å². The summed E-state index contributed by atoms with van der Waals surface area (Å²) in [5.74, 6) is 9.93. The molecule has 0 aromatic heterocycles. The average molecular weight is 1880 g/mol. The number of esters is 1. The molecule has 0 fully saturated rings. The number of carbonyl (C=O) groups excluding carboxylic acids is 3. The van der Waals surface area contributed by atoms with Crippen molar-refractivity contribution in [2.75, 3.05) is 52.7 Å². The predicted octanol–water partition coefficient (Wildman–Crippen LogP) is 23.5. The van der Waals surface area contributed by atoms with Gasteiger partial charge in [-0.25, -0.2) is 16.8 Å². The molecule has 0 bridgehead atoms. The molecule has 11 heterocycles. The number of aryl methyl sites for hydroxylation is 13. The maximum Gasteiger partial charge on any atom is 0.315 e. The number of fused-ring (bicyclic) bond motifs is 12. The molecule has 1 aliphatic carbocycles. The fourth-order valence-corrected chi connectivity index (χ4v) is 19.1. The van der Waals surface area contributed by atoms with Gasteiger partial charge in [-0.2, -0.15) is 10.2 Å². The normalized spacial score (nSPS) is 16.8. The van der Waals surface area contributed by atoms with Gasteiger partial charge in [-0.05, 0) is 276 Å². The molecule has 24 rings (SSSR count). The maximum atomic E-state index is 11.5. The van der Waals surface area contributed by atoms with Crippen LogP contribution >= 0.6 is 0 Å². The number of nitrogens with one attached hydrogen (secondary N) is 8.